The highest BCUT2D eigenvalue weighted by molar-refractivity contribution is 7.92. The summed E-state index contributed by atoms with van der Waals surface area (Å²) in [5.74, 6) is 0.822. The van der Waals surface area contributed by atoms with Gasteiger partial charge in [0.2, 0.25) is 0 Å². The Bertz CT molecular complexity index is 1040. The summed E-state index contributed by atoms with van der Waals surface area (Å²) in [5, 5.41) is 0.947. The molecule has 0 unspecified atom stereocenters. The summed E-state index contributed by atoms with van der Waals surface area (Å²) in [7, 11) is -3.12. The van der Waals surface area contributed by atoms with Crippen LogP contribution < -0.4 is 4.90 Å². The van der Waals surface area contributed by atoms with E-state index in [4.69, 9.17) is 4.42 Å². The molecule has 1 saturated heterocycles. The van der Waals surface area contributed by atoms with E-state index in [1.165, 1.54) is 6.33 Å². The van der Waals surface area contributed by atoms with Crippen LogP contribution in [0.4, 0.5) is 5.82 Å². The van der Waals surface area contributed by atoms with Gasteiger partial charge in [-0.05, 0) is 25.0 Å². The maximum atomic E-state index is 12.7. The maximum Gasteiger partial charge on any atom is 0.196 e. The first-order chi connectivity index (χ1) is 12.0. The largest absolute Gasteiger partial charge is 0.450 e. The Balaban J connectivity index is 1.85. The van der Waals surface area contributed by atoms with E-state index in [0.29, 0.717) is 37.3 Å². The molecule has 0 radical (unpaired) electrons. The third-order valence-corrected chi connectivity index (χ3v) is 8.24. The zero-order valence-electron chi connectivity index (χ0n) is 14.4. The molecule has 7 heteroatoms. The fraction of sp³-hybridized carbons (Fsp3) is 0.444. The second-order valence-electron chi connectivity index (χ2n) is 6.60. The minimum Gasteiger partial charge on any atom is -0.450 e. The molecule has 4 rings (SSSR count). The molecule has 1 aliphatic rings. The first-order valence-corrected chi connectivity index (χ1v) is 10.3. The monoisotopic (exact) mass is 359 g/mol. The lowest BCUT2D eigenvalue weighted by Crippen LogP contribution is -2.56. The Kier molecular flexibility index (Phi) is 3.72. The Morgan fingerprint density at radius 3 is 2.72 bits per heavy atom. The zero-order chi connectivity index (χ0) is 17.7. The summed E-state index contributed by atoms with van der Waals surface area (Å²) in [6.45, 7) is 4.75. The van der Waals surface area contributed by atoms with Gasteiger partial charge in [-0.15, -0.1) is 0 Å². The number of fused-ring (bicyclic) bond motifs is 3. The summed E-state index contributed by atoms with van der Waals surface area (Å²) in [6, 6.07) is 7.75. The van der Waals surface area contributed by atoms with Crippen molar-refractivity contribution in [1.82, 2.24) is 9.97 Å². The first kappa shape index (κ1) is 16.3. The van der Waals surface area contributed by atoms with Gasteiger partial charge in [0.15, 0.2) is 21.2 Å². The molecular weight excluding hydrogens is 338 g/mol. The molecule has 25 heavy (non-hydrogen) atoms. The van der Waals surface area contributed by atoms with Gasteiger partial charge in [-0.25, -0.2) is 18.4 Å². The predicted molar refractivity (Wildman–Crippen MR) is 98.6 cm³/mol. The van der Waals surface area contributed by atoms with Gasteiger partial charge in [0.05, 0.1) is 10.5 Å². The highest BCUT2D eigenvalue weighted by Crippen LogP contribution is 2.37. The van der Waals surface area contributed by atoms with Gasteiger partial charge in [0.1, 0.15) is 17.4 Å². The van der Waals surface area contributed by atoms with Crippen LogP contribution in [0.1, 0.15) is 26.7 Å². The topological polar surface area (TPSA) is 76.3 Å². The predicted octanol–water partition coefficient (Wildman–Crippen LogP) is 3.17. The molecular formula is C18H21N3O3S. The lowest BCUT2D eigenvalue weighted by atomic mass is 10.0. The zero-order valence-corrected chi connectivity index (χ0v) is 15.2. The second kappa shape index (κ2) is 5.69. The van der Waals surface area contributed by atoms with Crippen LogP contribution >= 0.6 is 0 Å². The summed E-state index contributed by atoms with van der Waals surface area (Å²) in [6.07, 6.45) is 2.72. The van der Waals surface area contributed by atoms with E-state index in [9.17, 15) is 8.42 Å². The molecule has 3 aromatic rings. The lowest BCUT2D eigenvalue weighted by Gasteiger charge is -2.41. The maximum absolute atomic E-state index is 12.7. The average Bonchev–Trinajstić information content (AvgIpc) is 3.01. The van der Waals surface area contributed by atoms with Crippen molar-refractivity contribution in [3.8, 4) is 0 Å². The van der Waals surface area contributed by atoms with Gasteiger partial charge in [-0.3, -0.25) is 0 Å². The van der Waals surface area contributed by atoms with E-state index in [2.05, 4.69) is 9.97 Å². The van der Waals surface area contributed by atoms with Gasteiger partial charge in [0, 0.05) is 18.5 Å². The number of hydrogen-bond acceptors (Lipinski definition) is 6. The number of sulfone groups is 1. The van der Waals surface area contributed by atoms with Crippen molar-refractivity contribution in [2.45, 2.75) is 31.4 Å². The van der Waals surface area contributed by atoms with Crippen LogP contribution in [0.15, 0.2) is 35.0 Å². The van der Waals surface area contributed by atoms with E-state index in [-0.39, 0.29) is 5.75 Å². The van der Waals surface area contributed by atoms with Crippen molar-refractivity contribution in [3.63, 3.8) is 0 Å². The fourth-order valence-corrected chi connectivity index (χ4v) is 5.93. The first-order valence-electron chi connectivity index (χ1n) is 8.61. The van der Waals surface area contributed by atoms with Crippen molar-refractivity contribution in [2.75, 3.05) is 23.7 Å². The molecule has 6 nitrogen and oxygen atoms in total. The van der Waals surface area contributed by atoms with Crippen molar-refractivity contribution < 1.29 is 12.8 Å². The SMILES string of the molecule is CCC1(CC)CN(c2ncnc3c2oc2ccccc23)CCS1(=O)=O. The van der Waals surface area contributed by atoms with Crippen molar-refractivity contribution in [3.05, 3.63) is 30.6 Å². The molecule has 0 atom stereocenters. The molecule has 2 aromatic heterocycles. The van der Waals surface area contributed by atoms with Gasteiger partial charge in [-0.1, -0.05) is 26.0 Å². The van der Waals surface area contributed by atoms with Crippen LogP contribution in [-0.4, -0.2) is 42.0 Å². The number of benzene rings is 1. The second-order valence-corrected chi connectivity index (χ2v) is 9.11. The van der Waals surface area contributed by atoms with Crippen LogP contribution in [-0.2, 0) is 9.84 Å². The molecule has 1 fully saturated rings. The quantitative estimate of drug-likeness (QED) is 0.715. The number of aromatic nitrogens is 2. The van der Waals surface area contributed by atoms with Gasteiger partial charge in [-0.2, -0.15) is 0 Å². The van der Waals surface area contributed by atoms with Gasteiger partial charge in [0.25, 0.3) is 0 Å². The van der Waals surface area contributed by atoms with E-state index in [1.54, 1.807) is 0 Å². The molecule has 1 aliphatic heterocycles. The Morgan fingerprint density at radius 2 is 1.96 bits per heavy atom. The van der Waals surface area contributed by atoms with Crippen LogP contribution in [0.3, 0.4) is 0 Å². The summed E-state index contributed by atoms with van der Waals surface area (Å²) >= 11 is 0. The average molecular weight is 359 g/mol. The molecule has 0 aliphatic carbocycles. The number of hydrogen-bond donors (Lipinski definition) is 0. The van der Waals surface area contributed by atoms with E-state index in [0.717, 1.165) is 16.5 Å². The lowest BCUT2D eigenvalue weighted by molar-refractivity contribution is 0.457. The molecule has 0 saturated carbocycles. The number of furan rings is 1. The third kappa shape index (κ3) is 2.33. The molecule has 132 valence electrons. The van der Waals surface area contributed by atoms with E-state index in [1.807, 2.05) is 43.0 Å². The summed E-state index contributed by atoms with van der Waals surface area (Å²) in [4.78, 5) is 10.9. The number of rotatable bonds is 3. The number of para-hydroxylation sites is 1. The molecule has 0 amide bonds. The smallest absolute Gasteiger partial charge is 0.196 e. The molecule has 0 spiro atoms. The normalized spacial score (nSPS) is 19.5. The summed E-state index contributed by atoms with van der Waals surface area (Å²) < 4.78 is 30.6. The van der Waals surface area contributed by atoms with E-state index < -0.39 is 14.6 Å². The van der Waals surface area contributed by atoms with Crippen LogP contribution in [0.5, 0.6) is 0 Å². The number of nitrogens with zero attached hydrogens (tertiary/aromatic N) is 3. The van der Waals surface area contributed by atoms with E-state index >= 15 is 0 Å². The highest BCUT2D eigenvalue weighted by Gasteiger charge is 2.46. The van der Waals surface area contributed by atoms with Gasteiger partial charge < -0.3 is 9.32 Å². The Morgan fingerprint density at radius 1 is 1.20 bits per heavy atom. The molecule has 0 N–H and O–H groups in total. The molecule has 0 bridgehead atoms. The Hall–Kier alpha value is -2.15. The van der Waals surface area contributed by atoms with Crippen LogP contribution in [0.2, 0.25) is 0 Å². The minimum absolute atomic E-state index is 0.139. The minimum atomic E-state index is -3.12. The molecule has 1 aromatic carbocycles. The van der Waals surface area contributed by atoms with Crippen molar-refractivity contribution >= 4 is 37.7 Å². The highest BCUT2D eigenvalue weighted by atomic mass is 32.2. The van der Waals surface area contributed by atoms with Gasteiger partial charge >= 0.3 is 0 Å². The fourth-order valence-electron chi connectivity index (χ4n) is 3.80. The van der Waals surface area contributed by atoms with Crippen molar-refractivity contribution in [2.24, 2.45) is 0 Å². The standard InChI is InChI=1S/C18H21N3O3S/c1-3-18(4-2)11-21(9-10-25(18,22)23)17-16-15(19-12-20-17)13-7-5-6-8-14(13)24-16/h5-8,12H,3-4,9-11H2,1-2H3. The van der Waals surface area contributed by atoms with Crippen LogP contribution in [0.25, 0.3) is 22.1 Å². The molecule has 3 heterocycles. The Labute approximate surface area is 146 Å². The van der Waals surface area contributed by atoms with Crippen LogP contribution in [0, 0.1) is 0 Å². The number of anilines is 1. The van der Waals surface area contributed by atoms with Crippen molar-refractivity contribution in [1.29, 1.82) is 0 Å². The third-order valence-electron chi connectivity index (χ3n) is 5.50. The summed E-state index contributed by atoms with van der Waals surface area (Å²) in [5.41, 5.74) is 2.16.